The number of amides is 1. The Morgan fingerprint density at radius 3 is 2.55 bits per heavy atom. The van der Waals surface area contributed by atoms with Crippen molar-refractivity contribution in [3.8, 4) is 5.69 Å². The molecule has 0 saturated carbocycles. The monoisotopic (exact) mass is 272 g/mol. The number of benzene rings is 1. The van der Waals surface area contributed by atoms with Gasteiger partial charge in [0.2, 0.25) is 0 Å². The van der Waals surface area contributed by atoms with Crippen LogP contribution in [0.3, 0.4) is 0 Å². The quantitative estimate of drug-likeness (QED) is 0.880. The first-order chi connectivity index (χ1) is 9.74. The Hall–Kier alpha value is -2.21. The Morgan fingerprint density at radius 1 is 1.20 bits per heavy atom. The summed E-state index contributed by atoms with van der Waals surface area (Å²) < 4.78 is 1.78. The third kappa shape index (κ3) is 2.55. The van der Waals surface area contributed by atoms with E-state index in [1.807, 2.05) is 12.1 Å². The Bertz CT molecular complexity index is 580. The molecule has 1 atom stereocenters. The summed E-state index contributed by atoms with van der Waals surface area (Å²) in [5.41, 5.74) is 1.54. The Labute approximate surface area is 116 Å². The molecule has 1 aliphatic heterocycles. The van der Waals surface area contributed by atoms with Crippen molar-refractivity contribution in [1.29, 1.82) is 0 Å². The molecule has 1 aromatic carbocycles. The smallest absolute Gasteiger partial charge is 0.253 e. The third-order valence-corrected chi connectivity index (χ3v) is 3.51. The van der Waals surface area contributed by atoms with Crippen LogP contribution < -0.4 is 0 Å². The van der Waals surface area contributed by atoms with Crippen molar-refractivity contribution < 1.29 is 9.90 Å². The zero-order chi connectivity index (χ0) is 13.9. The van der Waals surface area contributed by atoms with Gasteiger partial charge in [-0.05, 0) is 37.1 Å². The maximum absolute atomic E-state index is 12.3. The van der Waals surface area contributed by atoms with Gasteiger partial charge in [-0.3, -0.25) is 9.36 Å². The zero-order valence-corrected chi connectivity index (χ0v) is 11.0. The van der Waals surface area contributed by atoms with Crippen LogP contribution in [0.2, 0.25) is 0 Å². The molecule has 1 amide bonds. The lowest BCUT2D eigenvalue weighted by molar-refractivity contribution is 0.0474. The molecule has 6 heteroatoms. The maximum Gasteiger partial charge on any atom is 0.253 e. The standard InChI is InChI=1S/C14H16N4O2/c19-13-2-1-7-17(8-13)14(20)11-3-5-12(6-4-11)18-9-15-16-10-18/h3-6,9-10,13,19H,1-2,7-8H2. The highest BCUT2D eigenvalue weighted by atomic mass is 16.3. The van der Waals surface area contributed by atoms with Gasteiger partial charge in [-0.15, -0.1) is 10.2 Å². The van der Waals surface area contributed by atoms with Gasteiger partial charge in [0.1, 0.15) is 12.7 Å². The van der Waals surface area contributed by atoms with Crippen LogP contribution in [0.4, 0.5) is 0 Å². The van der Waals surface area contributed by atoms with E-state index in [0.717, 1.165) is 18.5 Å². The van der Waals surface area contributed by atoms with Crippen molar-refractivity contribution in [2.45, 2.75) is 18.9 Å². The van der Waals surface area contributed by atoms with Crippen LogP contribution in [0.5, 0.6) is 0 Å². The molecule has 0 bridgehead atoms. The van der Waals surface area contributed by atoms with E-state index in [1.54, 1.807) is 34.3 Å². The van der Waals surface area contributed by atoms with Crippen LogP contribution in [0, 0.1) is 0 Å². The second-order valence-corrected chi connectivity index (χ2v) is 4.96. The fraction of sp³-hybridized carbons (Fsp3) is 0.357. The predicted octanol–water partition coefficient (Wildman–Crippen LogP) is 0.864. The van der Waals surface area contributed by atoms with Crippen LogP contribution in [0.15, 0.2) is 36.9 Å². The van der Waals surface area contributed by atoms with E-state index in [2.05, 4.69) is 10.2 Å². The van der Waals surface area contributed by atoms with Crippen LogP contribution in [0.25, 0.3) is 5.69 Å². The van der Waals surface area contributed by atoms with Crippen molar-refractivity contribution in [2.75, 3.05) is 13.1 Å². The van der Waals surface area contributed by atoms with Gasteiger partial charge in [0.15, 0.2) is 0 Å². The van der Waals surface area contributed by atoms with Gasteiger partial charge in [0.05, 0.1) is 6.10 Å². The van der Waals surface area contributed by atoms with E-state index in [9.17, 15) is 9.90 Å². The van der Waals surface area contributed by atoms with Crippen LogP contribution in [-0.4, -0.2) is 49.9 Å². The van der Waals surface area contributed by atoms with Crippen molar-refractivity contribution in [3.05, 3.63) is 42.5 Å². The molecule has 20 heavy (non-hydrogen) atoms. The van der Waals surface area contributed by atoms with Gasteiger partial charge >= 0.3 is 0 Å². The number of aliphatic hydroxyl groups is 1. The number of aliphatic hydroxyl groups excluding tert-OH is 1. The summed E-state index contributed by atoms with van der Waals surface area (Å²) in [5, 5.41) is 17.1. The molecule has 1 N–H and O–H groups in total. The summed E-state index contributed by atoms with van der Waals surface area (Å²) in [7, 11) is 0. The highest BCUT2D eigenvalue weighted by Gasteiger charge is 2.22. The zero-order valence-electron chi connectivity index (χ0n) is 11.0. The Morgan fingerprint density at radius 2 is 1.90 bits per heavy atom. The van der Waals surface area contributed by atoms with E-state index in [0.29, 0.717) is 18.7 Å². The molecule has 1 aromatic heterocycles. The number of hydrogen-bond acceptors (Lipinski definition) is 4. The minimum absolute atomic E-state index is 0.0287. The van der Waals surface area contributed by atoms with E-state index in [1.165, 1.54) is 0 Å². The average molecular weight is 272 g/mol. The van der Waals surface area contributed by atoms with Gasteiger partial charge in [-0.2, -0.15) is 0 Å². The maximum atomic E-state index is 12.3. The Kier molecular flexibility index (Phi) is 3.47. The fourth-order valence-electron chi connectivity index (χ4n) is 2.43. The molecule has 0 spiro atoms. The summed E-state index contributed by atoms with van der Waals surface area (Å²) in [6.45, 7) is 1.13. The largest absolute Gasteiger partial charge is 0.391 e. The molecule has 2 heterocycles. The highest BCUT2D eigenvalue weighted by Crippen LogP contribution is 2.15. The predicted molar refractivity (Wildman–Crippen MR) is 72.5 cm³/mol. The first-order valence-electron chi connectivity index (χ1n) is 6.66. The fourth-order valence-corrected chi connectivity index (χ4v) is 2.43. The first-order valence-corrected chi connectivity index (χ1v) is 6.66. The molecule has 1 fully saturated rings. The molecule has 1 unspecified atom stereocenters. The van der Waals surface area contributed by atoms with Crippen molar-refractivity contribution >= 4 is 5.91 Å². The number of nitrogens with zero attached hydrogens (tertiary/aromatic N) is 4. The van der Waals surface area contributed by atoms with E-state index < -0.39 is 6.10 Å². The number of aromatic nitrogens is 3. The summed E-state index contributed by atoms with van der Waals surface area (Å²) >= 11 is 0. The summed E-state index contributed by atoms with van der Waals surface area (Å²) in [5.74, 6) is -0.0287. The van der Waals surface area contributed by atoms with Gasteiger partial charge in [0, 0.05) is 24.3 Å². The average Bonchev–Trinajstić information content (AvgIpc) is 3.01. The van der Waals surface area contributed by atoms with Gasteiger partial charge < -0.3 is 10.0 Å². The molecule has 2 aromatic rings. The minimum atomic E-state index is -0.399. The van der Waals surface area contributed by atoms with Crippen molar-refractivity contribution in [3.63, 3.8) is 0 Å². The number of carbonyl (C=O) groups excluding carboxylic acids is 1. The lowest BCUT2D eigenvalue weighted by Crippen LogP contribution is -2.42. The molecule has 1 saturated heterocycles. The number of rotatable bonds is 2. The summed E-state index contributed by atoms with van der Waals surface area (Å²) in [6.07, 6.45) is 4.45. The number of piperidine rings is 1. The SMILES string of the molecule is O=C(c1ccc(-n2cnnc2)cc1)N1CCCC(O)C1. The normalized spacial score (nSPS) is 19.1. The van der Waals surface area contributed by atoms with Crippen LogP contribution in [0.1, 0.15) is 23.2 Å². The second kappa shape index (κ2) is 5.42. The van der Waals surface area contributed by atoms with Gasteiger partial charge in [-0.25, -0.2) is 0 Å². The molecule has 104 valence electrons. The van der Waals surface area contributed by atoms with Crippen LogP contribution >= 0.6 is 0 Å². The second-order valence-electron chi connectivity index (χ2n) is 4.96. The van der Waals surface area contributed by atoms with E-state index in [-0.39, 0.29) is 5.91 Å². The first kappa shape index (κ1) is 12.8. The third-order valence-electron chi connectivity index (χ3n) is 3.51. The molecule has 1 aliphatic rings. The van der Waals surface area contributed by atoms with Crippen molar-refractivity contribution in [1.82, 2.24) is 19.7 Å². The summed E-state index contributed by atoms with van der Waals surface area (Å²) in [6, 6.07) is 7.30. The molecule has 0 radical (unpaired) electrons. The van der Waals surface area contributed by atoms with E-state index >= 15 is 0 Å². The topological polar surface area (TPSA) is 71.2 Å². The molecule has 6 nitrogen and oxygen atoms in total. The molecular weight excluding hydrogens is 256 g/mol. The van der Waals surface area contributed by atoms with Gasteiger partial charge in [-0.1, -0.05) is 0 Å². The number of carbonyl (C=O) groups is 1. The minimum Gasteiger partial charge on any atom is -0.391 e. The highest BCUT2D eigenvalue weighted by molar-refractivity contribution is 5.94. The van der Waals surface area contributed by atoms with Crippen molar-refractivity contribution in [2.24, 2.45) is 0 Å². The number of hydrogen-bond donors (Lipinski definition) is 1. The summed E-state index contributed by atoms with van der Waals surface area (Å²) in [4.78, 5) is 14.0. The van der Waals surface area contributed by atoms with Gasteiger partial charge in [0.25, 0.3) is 5.91 Å². The molecule has 0 aliphatic carbocycles. The molecular formula is C14H16N4O2. The Balaban J connectivity index is 1.75. The molecule has 3 rings (SSSR count). The van der Waals surface area contributed by atoms with E-state index in [4.69, 9.17) is 0 Å². The lowest BCUT2D eigenvalue weighted by atomic mass is 10.1. The lowest BCUT2D eigenvalue weighted by Gasteiger charge is -2.30. The number of likely N-dealkylation sites (tertiary alicyclic amines) is 1. The number of β-amino-alcohol motifs (C(OH)–C–C–N with tert-alkyl or cyclic N) is 1. The van der Waals surface area contributed by atoms with Crippen LogP contribution in [-0.2, 0) is 0 Å².